The minimum Gasteiger partial charge on any atom is -0.453 e. The van der Waals surface area contributed by atoms with Gasteiger partial charge in [-0.2, -0.15) is 0 Å². The summed E-state index contributed by atoms with van der Waals surface area (Å²) in [6.07, 6.45) is 0.0574. The average molecular weight is 893 g/mol. The van der Waals surface area contributed by atoms with E-state index < -0.39 is 24.3 Å². The Labute approximate surface area is 382 Å². The Morgan fingerprint density at radius 3 is 1.85 bits per heavy atom. The largest absolute Gasteiger partial charge is 0.453 e. The van der Waals surface area contributed by atoms with Crippen molar-refractivity contribution in [3.63, 3.8) is 0 Å². The number of aromatic nitrogens is 4. The molecule has 2 aliphatic heterocycles. The van der Waals surface area contributed by atoms with Crippen LogP contribution in [0.1, 0.15) is 75.9 Å². The fourth-order valence-electron chi connectivity index (χ4n) is 10.1. The summed E-state index contributed by atoms with van der Waals surface area (Å²) in [6, 6.07) is 27.8. The monoisotopic (exact) mass is 892 g/mol. The summed E-state index contributed by atoms with van der Waals surface area (Å²) in [6.45, 7) is 8.97. The first-order valence-corrected chi connectivity index (χ1v) is 22.6. The number of amides is 4. The topological polar surface area (TPSA) is 184 Å². The molecule has 0 aliphatic carbocycles. The molecule has 0 saturated carbocycles. The van der Waals surface area contributed by atoms with Crippen LogP contribution in [-0.4, -0.2) is 100 Å². The molecule has 4 N–H and O–H groups in total. The number of aromatic amines is 2. The molecule has 0 radical (unpaired) electrons. The number of benzene rings is 5. The van der Waals surface area contributed by atoms with Crippen molar-refractivity contribution in [2.45, 2.75) is 70.7 Å². The molecule has 5 aromatic carbocycles. The van der Waals surface area contributed by atoms with E-state index in [1.165, 1.54) is 14.2 Å². The van der Waals surface area contributed by atoms with E-state index in [1.807, 2.05) is 73.0 Å². The molecule has 2 aromatic heterocycles. The van der Waals surface area contributed by atoms with Crippen molar-refractivity contribution in [1.82, 2.24) is 40.4 Å². The molecule has 9 rings (SSSR count). The summed E-state index contributed by atoms with van der Waals surface area (Å²) in [4.78, 5) is 74.2. The second kappa shape index (κ2) is 18.1. The summed E-state index contributed by atoms with van der Waals surface area (Å²) < 4.78 is 15.3. The number of fused-ring (bicyclic) bond motifs is 6. The van der Waals surface area contributed by atoms with Crippen molar-refractivity contribution < 1.29 is 33.4 Å². The highest BCUT2D eigenvalue weighted by Gasteiger charge is 2.45. The molecule has 0 spiro atoms. The number of likely N-dealkylation sites (tertiary alicyclic amines) is 2. The van der Waals surface area contributed by atoms with Crippen molar-refractivity contribution in [2.75, 3.05) is 34.5 Å². The van der Waals surface area contributed by atoms with Crippen LogP contribution < -0.4 is 10.6 Å². The standard InChI is InChI=1S/C51H56N8O7/c1-27(2)42(56-50(62)65-6)48(60)58-25-30(26-64-5)22-40(58)46-52-38-19-15-34-23-32(13-17-36(34)44(38)54-46)33-14-18-37-35(24-33)16-20-39-45(37)55-47(53-39)41-21-28(3)29(4)59(41)49(61)43(57-51(63)66-7)31-11-9-8-10-12-31/h8-20,23-24,27-30,40-43H,21-22,25-26H2,1-7H3,(H,52,54)(H,53,55)(H,56,62)(H,57,63)/t28-,29-,30+,40+,41+,42+,43-/m1/s1. The summed E-state index contributed by atoms with van der Waals surface area (Å²) in [7, 11) is 4.24. The molecule has 2 fully saturated rings. The lowest BCUT2D eigenvalue weighted by Gasteiger charge is -2.32. The molecule has 15 nitrogen and oxygen atoms in total. The Hall–Kier alpha value is -7.00. The van der Waals surface area contributed by atoms with Crippen LogP contribution in [-0.2, 0) is 23.8 Å². The lowest BCUT2D eigenvalue weighted by Crippen LogP contribution is -2.51. The van der Waals surface area contributed by atoms with E-state index >= 15 is 0 Å². The minimum absolute atomic E-state index is 0.0999. The van der Waals surface area contributed by atoms with Gasteiger partial charge in [-0.25, -0.2) is 19.6 Å². The normalized spacial score (nSPS) is 20.6. The van der Waals surface area contributed by atoms with Gasteiger partial charge in [0.2, 0.25) is 5.91 Å². The van der Waals surface area contributed by atoms with Crippen LogP contribution in [0.15, 0.2) is 91.0 Å². The zero-order valence-electron chi connectivity index (χ0n) is 38.3. The summed E-state index contributed by atoms with van der Waals surface area (Å²) >= 11 is 0. The van der Waals surface area contributed by atoms with Gasteiger partial charge >= 0.3 is 12.2 Å². The van der Waals surface area contributed by atoms with Gasteiger partial charge in [-0.05, 0) is 83.3 Å². The number of H-pyrrole nitrogens is 2. The van der Waals surface area contributed by atoms with Crippen molar-refractivity contribution in [3.8, 4) is 11.1 Å². The highest BCUT2D eigenvalue weighted by molar-refractivity contribution is 6.07. The predicted octanol–water partition coefficient (Wildman–Crippen LogP) is 8.72. The fraction of sp³-hybridized carbons (Fsp3) is 0.373. The number of methoxy groups -OCH3 is 3. The van der Waals surface area contributed by atoms with Crippen molar-refractivity contribution >= 4 is 67.6 Å². The second-order valence-electron chi connectivity index (χ2n) is 18.2. The van der Waals surface area contributed by atoms with Gasteiger partial charge in [0.25, 0.3) is 5.91 Å². The van der Waals surface area contributed by atoms with Crippen LogP contribution >= 0.6 is 0 Å². The maximum absolute atomic E-state index is 14.5. The minimum atomic E-state index is -0.924. The smallest absolute Gasteiger partial charge is 0.407 e. The first kappa shape index (κ1) is 44.2. The van der Waals surface area contributed by atoms with Crippen molar-refractivity contribution in [2.24, 2.45) is 17.8 Å². The molecular formula is C51H56N8O7. The van der Waals surface area contributed by atoms with E-state index in [9.17, 15) is 19.2 Å². The number of carbonyl (C=O) groups excluding carboxylic acids is 4. The van der Waals surface area contributed by atoms with Crippen LogP contribution in [0.2, 0.25) is 0 Å². The molecular weight excluding hydrogens is 837 g/mol. The molecule has 0 bridgehead atoms. The van der Waals surface area contributed by atoms with Gasteiger partial charge in [-0.3, -0.25) is 9.59 Å². The Balaban J connectivity index is 0.997. The molecule has 2 saturated heterocycles. The van der Waals surface area contributed by atoms with Gasteiger partial charge in [-0.15, -0.1) is 0 Å². The summed E-state index contributed by atoms with van der Waals surface area (Å²) in [5.74, 6) is 1.13. The Morgan fingerprint density at radius 2 is 1.29 bits per heavy atom. The maximum Gasteiger partial charge on any atom is 0.407 e. The molecule has 4 heterocycles. The molecule has 7 atom stereocenters. The molecule has 4 amide bonds. The number of imidazole rings is 2. The maximum atomic E-state index is 14.5. The number of rotatable bonds is 11. The van der Waals surface area contributed by atoms with Crippen LogP contribution in [0.25, 0.3) is 54.7 Å². The number of ether oxygens (including phenoxy) is 3. The molecule has 2 aliphatic rings. The van der Waals surface area contributed by atoms with E-state index in [2.05, 4.69) is 76.1 Å². The molecule has 0 unspecified atom stereocenters. The van der Waals surface area contributed by atoms with Crippen LogP contribution in [0.5, 0.6) is 0 Å². The third-order valence-electron chi connectivity index (χ3n) is 13.7. The van der Waals surface area contributed by atoms with Gasteiger partial charge in [0.05, 0.1) is 55.0 Å². The van der Waals surface area contributed by atoms with Gasteiger partial charge in [0.1, 0.15) is 23.7 Å². The van der Waals surface area contributed by atoms with Crippen LogP contribution in [0, 0.1) is 17.8 Å². The van der Waals surface area contributed by atoms with Gasteiger partial charge in [0.15, 0.2) is 0 Å². The first-order chi connectivity index (χ1) is 31.9. The highest BCUT2D eigenvalue weighted by atomic mass is 16.5. The van der Waals surface area contributed by atoms with Crippen molar-refractivity contribution in [3.05, 3.63) is 108 Å². The van der Waals surface area contributed by atoms with Crippen LogP contribution in [0.3, 0.4) is 0 Å². The number of carbonyl (C=O) groups is 4. The van der Waals surface area contributed by atoms with E-state index in [-0.39, 0.29) is 47.7 Å². The number of hydrogen-bond donors (Lipinski definition) is 4. The lowest BCUT2D eigenvalue weighted by atomic mass is 9.98. The van der Waals surface area contributed by atoms with E-state index in [4.69, 9.17) is 24.2 Å². The van der Waals surface area contributed by atoms with E-state index in [0.29, 0.717) is 43.2 Å². The molecule has 66 heavy (non-hydrogen) atoms. The quantitative estimate of drug-likeness (QED) is 0.0987. The molecule has 15 heteroatoms. The predicted molar refractivity (Wildman–Crippen MR) is 252 cm³/mol. The Morgan fingerprint density at radius 1 is 0.712 bits per heavy atom. The Bertz CT molecular complexity index is 2970. The van der Waals surface area contributed by atoms with Crippen LogP contribution in [0.4, 0.5) is 9.59 Å². The third kappa shape index (κ3) is 8.16. The molecule has 342 valence electrons. The number of hydrogen-bond acceptors (Lipinski definition) is 9. The lowest BCUT2D eigenvalue weighted by molar-refractivity contribution is -0.137. The number of alkyl carbamates (subject to hydrolysis) is 2. The SMILES string of the molecule is COC[C@H]1C[C@@H](c2nc3ccc4cc(-c5ccc6c(ccc7nc([C@@H]8C[C@@H](C)[C@@H](C)N8C(=O)[C@H](NC(=O)OC)c8ccccc8)[nH]c76)c5)ccc4c3[nH]2)N(C(=O)[C@@H](NC(=O)OC)C(C)C)C1. The highest BCUT2D eigenvalue weighted by Crippen LogP contribution is 2.42. The second-order valence-corrected chi connectivity index (χ2v) is 18.2. The summed E-state index contributed by atoms with van der Waals surface area (Å²) in [5, 5.41) is 9.62. The van der Waals surface area contributed by atoms with Gasteiger partial charge in [-0.1, -0.05) is 87.5 Å². The number of nitrogens with one attached hydrogen (secondary N) is 4. The van der Waals surface area contributed by atoms with Gasteiger partial charge in [0, 0.05) is 36.4 Å². The van der Waals surface area contributed by atoms with E-state index in [1.54, 1.807) is 7.11 Å². The molecule has 7 aromatic rings. The summed E-state index contributed by atoms with van der Waals surface area (Å²) in [5.41, 5.74) is 6.18. The van der Waals surface area contributed by atoms with E-state index in [0.717, 1.165) is 54.7 Å². The first-order valence-electron chi connectivity index (χ1n) is 22.6. The zero-order chi connectivity index (χ0) is 46.4. The van der Waals surface area contributed by atoms with Gasteiger partial charge < -0.3 is 44.6 Å². The third-order valence-corrected chi connectivity index (χ3v) is 13.7. The average Bonchev–Trinajstić information content (AvgIpc) is 4.13. The zero-order valence-corrected chi connectivity index (χ0v) is 38.3. The fourth-order valence-corrected chi connectivity index (χ4v) is 10.1. The Kier molecular flexibility index (Phi) is 12.1. The van der Waals surface area contributed by atoms with Crippen molar-refractivity contribution in [1.29, 1.82) is 0 Å². The number of nitrogens with zero attached hydrogens (tertiary/aromatic N) is 4.